The van der Waals surface area contributed by atoms with Gasteiger partial charge in [-0.1, -0.05) is 24.3 Å². The number of carbonyl (C=O) groups excluding carboxylic acids is 2. The fourth-order valence-corrected chi connectivity index (χ4v) is 3.11. The summed E-state index contributed by atoms with van der Waals surface area (Å²) in [5, 5.41) is 2.85. The fraction of sp³-hybridized carbons (Fsp3) is 0.261. The van der Waals surface area contributed by atoms with Crippen LogP contribution in [-0.2, 0) is 24.3 Å². The second-order valence-corrected chi connectivity index (χ2v) is 7.19. The molecule has 7 nitrogen and oxygen atoms in total. The van der Waals surface area contributed by atoms with E-state index in [1.165, 1.54) is 24.3 Å². The highest BCUT2D eigenvalue weighted by molar-refractivity contribution is 5.94. The molecule has 0 atom stereocenters. The van der Waals surface area contributed by atoms with E-state index in [-0.39, 0.29) is 30.6 Å². The number of rotatable bonds is 9. The quantitative estimate of drug-likeness (QED) is 0.551. The number of methoxy groups -OCH3 is 1. The Morgan fingerprint density at radius 2 is 1.75 bits per heavy atom. The molecule has 0 saturated carbocycles. The average molecular weight is 442 g/mol. The summed E-state index contributed by atoms with van der Waals surface area (Å²) >= 11 is 0. The van der Waals surface area contributed by atoms with Crippen molar-refractivity contribution in [3.63, 3.8) is 0 Å². The van der Waals surface area contributed by atoms with Gasteiger partial charge in [-0.25, -0.2) is 4.98 Å². The van der Waals surface area contributed by atoms with E-state index in [1.807, 2.05) is 12.1 Å². The van der Waals surface area contributed by atoms with Gasteiger partial charge in [-0.2, -0.15) is 8.78 Å². The van der Waals surface area contributed by atoms with Crippen LogP contribution in [0.2, 0.25) is 0 Å². The summed E-state index contributed by atoms with van der Waals surface area (Å²) in [6.45, 7) is -2.43. The van der Waals surface area contributed by atoms with Crippen LogP contribution in [0.3, 0.4) is 0 Å². The maximum absolute atomic E-state index is 12.9. The maximum Gasteiger partial charge on any atom is 0.319 e. The van der Waals surface area contributed by atoms with E-state index in [9.17, 15) is 18.4 Å². The molecular formula is C23H24F2N4O3. The predicted molar refractivity (Wildman–Crippen MR) is 114 cm³/mol. The molecule has 0 radical (unpaired) electrons. The Labute approximate surface area is 184 Å². The van der Waals surface area contributed by atoms with Crippen molar-refractivity contribution in [1.29, 1.82) is 0 Å². The van der Waals surface area contributed by atoms with Gasteiger partial charge in [0.05, 0.1) is 20.1 Å². The second kappa shape index (κ2) is 10.5. The number of carbonyl (C=O) groups is 2. The molecule has 2 amide bonds. The Kier molecular flexibility index (Phi) is 7.54. The Hall–Kier alpha value is -3.75. The Balaban J connectivity index is 1.51. The molecule has 32 heavy (non-hydrogen) atoms. The first kappa shape index (κ1) is 22.9. The number of imidazole rings is 1. The lowest BCUT2D eigenvalue weighted by atomic mass is 10.1. The number of amides is 2. The van der Waals surface area contributed by atoms with Gasteiger partial charge in [-0.3, -0.25) is 14.2 Å². The fourth-order valence-electron chi connectivity index (χ4n) is 3.11. The number of alkyl halides is 2. The van der Waals surface area contributed by atoms with Gasteiger partial charge in [0.25, 0.3) is 5.91 Å². The van der Waals surface area contributed by atoms with E-state index in [2.05, 4.69) is 10.3 Å². The summed E-state index contributed by atoms with van der Waals surface area (Å²) in [6.07, 6.45) is 2.70. The topological polar surface area (TPSA) is 76.5 Å². The van der Waals surface area contributed by atoms with Gasteiger partial charge >= 0.3 is 6.55 Å². The van der Waals surface area contributed by atoms with Crippen LogP contribution >= 0.6 is 0 Å². The largest absolute Gasteiger partial charge is 0.497 e. The van der Waals surface area contributed by atoms with Crippen molar-refractivity contribution in [2.45, 2.75) is 26.1 Å². The molecule has 3 rings (SSSR count). The van der Waals surface area contributed by atoms with E-state index >= 15 is 0 Å². The van der Waals surface area contributed by atoms with Crippen molar-refractivity contribution in [3.8, 4) is 5.75 Å². The lowest BCUT2D eigenvalue weighted by Crippen LogP contribution is -2.28. The lowest BCUT2D eigenvalue weighted by molar-refractivity contribution is -0.120. The number of hydrogen-bond donors (Lipinski definition) is 1. The Morgan fingerprint density at radius 3 is 2.38 bits per heavy atom. The summed E-state index contributed by atoms with van der Waals surface area (Å²) in [6, 6.07) is 14.1. The van der Waals surface area contributed by atoms with Crippen molar-refractivity contribution in [2.24, 2.45) is 0 Å². The van der Waals surface area contributed by atoms with Gasteiger partial charge in [0.2, 0.25) is 5.91 Å². The van der Waals surface area contributed by atoms with Crippen LogP contribution in [-0.4, -0.2) is 40.4 Å². The third-order valence-electron chi connectivity index (χ3n) is 4.90. The van der Waals surface area contributed by atoms with Crippen LogP contribution in [0.1, 0.15) is 33.9 Å². The second-order valence-electron chi connectivity index (χ2n) is 7.19. The summed E-state index contributed by atoms with van der Waals surface area (Å²) < 4.78 is 31.7. The Morgan fingerprint density at radius 1 is 1.09 bits per heavy atom. The SMILES string of the molecule is COc1ccc(CC(=O)NCc2ccc(C(=O)N(C)Cc3nccn3C(F)F)cc2)cc1. The normalized spacial score (nSPS) is 10.8. The van der Waals surface area contributed by atoms with Gasteiger partial charge in [0.15, 0.2) is 0 Å². The van der Waals surface area contributed by atoms with Crippen molar-refractivity contribution in [2.75, 3.05) is 14.2 Å². The molecule has 0 aliphatic rings. The molecule has 0 fully saturated rings. The number of benzene rings is 2. The van der Waals surface area contributed by atoms with Gasteiger partial charge in [-0.15, -0.1) is 0 Å². The van der Waals surface area contributed by atoms with Gasteiger partial charge in [0.1, 0.15) is 11.6 Å². The number of halogens is 2. The van der Waals surface area contributed by atoms with Crippen LogP contribution in [0, 0.1) is 0 Å². The van der Waals surface area contributed by atoms with Gasteiger partial charge in [0, 0.05) is 31.5 Å². The predicted octanol–water partition coefficient (Wildman–Crippen LogP) is 3.42. The van der Waals surface area contributed by atoms with E-state index in [4.69, 9.17) is 4.74 Å². The number of ether oxygens (including phenoxy) is 1. The minimum Gasteiger partial charge on any atom is -0.497 e. The molecule has 9 heteroatoms. The molecule has 1 aromatic heterocycles. The van der Waals surface area contributed by atoms with Crippen molar-refractivity contribution >= 4 is 11.8 Å². The number of nitrogens with one attached hydrogen (secondary N) is 1. The lowest BCUT2D eigenvalue weighted by Gasteiger charge is -2.18. The molecule has 0 bridgehead atoms. The molecule has 0 unspecified atom stereocenters. The summed E-state index contributed by atoms with van der Waals surface area (Å²) in [7, 11) is 3.11. The van der Waals surface area contributed by atoms with Crippen LogP contribution < -0.4 is 10.1 Å². The van der Waals surface area contributed by atoms with Crippen LogP contribution in [0.4, 0.5) is 8.78 Å². The summed E-state index contributed by atoms with van der Waals surface area (Å²) in [4.78, 5) is 30.0. The number of hydrogen-bond acceptors (Lipinski definition) is 4. The first-order chi connectivity index (χ1) is 15.4. The van der Waals surface area contributed by atoms with E-state index in [1.54, 1.807) is 43.5 Å². The van der Waals surface area contributed by atoms with Crippen LogP contribution in [0.5, 0.6) is 5.75 Å². The molecule has 1 heterocycles. The van der Waals surface area contributed by atoms with E-state index < -0.39 is 6.55 Å². The smallest absolute Gasteiger partial charge is 0.319 e. The molecule has 2 aromatic carbocycles. The highest BCUT2D eigenvalue weighted by atomic mass is 19.3. The highest BCUT2D eigenvalue weighted by Crippen LogP contribution is 2.15. The molecule has 0 aliphatic heterocycles. The molecule has 168 valence electrons. The first-order valence-electron chi connectivity index (χ1n) is 9.91. The zero-order valence-corrected chi connectivity index (χ0v) is 17.8. The van der Waals surface area contributed by atoms with Gasteiger partial charge in [-0.05, 0) is 35.4 Å². The number of nitrogens with zero attached hydrogens (tertiary/aromatic N) is 3. The minimum absolute atomic E-state index is 0.0423. The first-order valence-corrected chi connectivity index (χ1v) is 9.91. The average Bonchev–Trinajstić information content (AvgIpc) is 3.26. The molecule has 1 N–H and O–H groups in total. The number of aromatic nitrogens is 2. The molecule has 3 aromatic rings. The van der Waals surface area contributed by atoms with E-state index in [0.29, 0.717) is 12.1 Å². The minimum atomic E-state index is -2.71. The monoisotopic (exact) mass is 442 g/mol. The maximum atomic E-state index is 12.9. The molecular weight excluding hydrogens is 418 g/mol. The zero-order chi connectivity index (χ0) is 23.1. The summed E-state index contributed by atoms with van der Waals surface area (Å²) in [5.41, 5.74) is 2.12. The standard InChI is InChI=1S/C23H24F2N4O3/c1-28(15-20-26-11-12-29(20)23(24)25)22(31)18-7-3-17(4-8-18)14-27-21(30)13-16-5-9-19(32-2)10-6-16/h3-12,23H,13-15H2,1-2H3,(H,27,30). The third kappa shape index (κ3) is 5.90. The third-order valence-corrected chi connectivity index (χ3v) is 4.90. The van der Waals surface area contributed by atoms with Gasteiger partial charge < -0.3 is 15.0 Å². The molecule has 0 spiro atoms. The van der Waals surface area contributed by atoms with Crippen LogP contribution in [0.15, 0.2) is 60.9 Å². The zero-order valence-electron chi connectivity index (χ0n) is 17.8. The Bertz CT molecular complexity index is 1050. The van der Waals surface area contributed by atoms with E-state index in [0.717, 1.165) is 21.4 Å². The van der Waals surface area contributed by atoms with Crippen molar-refractivity contribution in [1.82, 2.24) is 19.8 Å². The van der Waals surface area contributed by atoms with Crippen molar-refractivity contribution in [3.05, 3.63) is 83.4 Å². The molecule has 0 aliphatic carbocycles. The molecule has 0 saturated heterocycles. The highest BCUT2D eigenvalue weighted by Gasteiger charge is 2.17. The summed E-state index contributed by atoms with van der Waals surface area (Å²) in [5.74, 6) is 0.397. The van der Waals surface area contributed by atoms with Crippen LogP contribution in [0.25, 0.3) is 0 Å². The van der Waals surface area contributed by atoms with Crippen molar-refractivity contribution < 1.29 is 23.1 Å².